The van der Waals surface area contributed by atoms with E-state index in [2.05, 4.69) is 136 Å². The molecular formula is C101H95N19O5. The van der Waals surface area contributed by atoms with Crippen LogP contribution in [0, 0.1) is 5.92 Å². The largest absolute Gasteiger partial charge is 0.494 e. The zero-order chi connectivity index (χ0) is 84.8. The summed E-state index contributed by atoms with van der Waals surface area (Å²) in [5.74, 6) is 4.15. The van der Waals surface area contributed by atoms with E-state index in [1.807, 2.05) is 270 Å². The maximum atomic E-state index is 6.04. The number of hydrogen-bond acceptors (Lipinski definition) is 20. The Kier molecular flexibility index (Phi) is 24.9. The van der Waals surface area contributed by atoms with Crippen LogP contribution in [-0.4, -0.2) is 193 Å². The fourth-order valence-electron chi connectivity index (χ4n) is 15.9. The van der Waals surface area contributed by atoms with E-state index in [1.165, 1.54) is 19.4 Å². The second-order valence-corrected chi connectivity index (χ2v) is 31.7. The zero-order valence-electron chi connectivity index (χ0n) is 70.5. The molecule has 0 spiro atoms. The summed E-state index contributed by atoms with van der Waals surface area (Å²) in [6.07, 6.45) is 35.8. The third kappa shape index (κ3) is 19.2. The minimum atomic E-state index is 0.158. The maximum absolute atomic E-state index is 6.04. The molecule has 7 aromatic carbocycles. The van der Waals surface area contributed by atoms with E-state index in [-0.39, 0.29) is 6.10 Å². The van der Waals surface area contributed by atoms with Gasteiger partial charge in [-0.1, -0.05) is 103 Å². The molecule has 2 aliphatic heterocycles. The normalized spacial score (nSPS) is 13.7. The van der Waals surface area contributed by atoms with Crippen molar-refractivity contribution in [2.75, 3.05) is 93.4 Å². The van der Waals surface area contributed by atoms with Gasteiger partial charge < -0.3 is 33.5 Å². The molecule has 0 radical (unpaired) electrons. The Morgan fingerprint density at radius 3 is 1.19 bits per heavy atom. The van der Waals surface area contributed by atoms with Gasteiger partial charge in [-0.15, -0.1) is 0 Å². The summed E-state index contributed by atoms with van der Waals surface area (Å²) < 4.78 is 36.3. The number of likely N-dealkylation sites (tertiary alicyclic amines) is 1. The molecule has 1 atom stereocenters. The quantitative estimate of drug-likeness (QED) is 0.0574. The van der Waals surface area contributed by atoms with E-state index in [4.69, 9.17) is 38.6 Å². The number of piperidine rings is 1. The van der Waals surface area contributed by atoms with Gasteiger partial charge in [0, 0.05) is 180 Å². The van der Waals surface area contributed by atoms with Crippen molar-refractivity contribution in [1.82, 2.24) is 93.0 Å². The fraction of sp³-hybridized carbons (Fsp3) is 0.208. The molecule has 0 amide bonds. The zero-order valence-corrected chi connectivity index (χ0v) is 70.5. The van der Waals surface area contributed by atoms with Gasteiger partial charge in [-0.05, 0) is 202 Å². The van der Waals surface area contributed by atoms with Crippen LogP contribution >= 0.6 is 0 Å². The molecule has 1 unspecified atom stereocenters. The first-order chi connectivity index (χ1) is 61.5. The molecule has 2 saturated heterocycles. The number of hydrogen-bond donors (Lipinski definition) is 0. The highest BCUT2D eigenvalue weighted by Crippen LogP contribution is 2.37. The Labute approximate surface area is 724 Å². The number of para-hydroxylation sites is 3. The van der Waals surface area contributed by atoms with Crippen LogP contribution in [0.15, 0.2) is 306 Å². The lowest BCUT2D eigenvalue weighted by molar-refractivity contribution is 0.0322. The topological polar surface area (TPSA) is 228 Å². The van der Waals surface area contributed by atoms with E-state index in [0.717, 1.165) is 226 Å². The molecule has 0 bridgehead atoms. The predicted octanol–water partition coefficient (Wildman–Crippen LogP) is 18.8. The fourth-order valence-corrected chi connectivity index (χ4v) is 15.9. The summed E-state index contributed by atoms with van der Waals surface area (Å²) >= 11 is 0. The van der Waals surface area contributed by atoms with Crippen molar-refractivity contribution in [2.24, 2.45) is 5.92 Å². The monoisotopic (exact) mass is 1650 g/mol. The number of pyridine rings is 4. The second kappa shape index (κ2) is 38.2. The first-order valence-electron chi connectivity index (χ1n) is 42.4. The number of rotatable bonds is 22. The van der Waals surface area contributed by atoms with Crippen molar-refractivity contribution in [2.45, 2.75) is 39.2 Å². The van der Waals surface area contributed by atoms with Crippen molar-refractivity contribution in [3.05, 3.63) is 306 Å². The van der Waals surface area contributed by atoms with Crippen molar-refractivity contribution in [3.8, 4) is 112 Å². The lowest BCUT2D eigenvalue weighted by Crippen LogP contribution is -2.38. The van der Waals surface area contributed by atoms with Gasteiger partial charge in [-0.3, -0.25) is 24.8 Å². The first-order valence-corrected chi connectivity index (χ1v) is 42.4. The first kappa shape index (κ1) is 81.4. The van der Waals surface area contributed by atoms with Crippen LogP contribution in [-0.2, 0) is 4.74 Å². The number of fused-ring (bicyclic) bond motifs is 7. The number of morpholine rings is 1. The molecule has 624 valence electrons. The van der Waals surface area contributed by atoms with Crippen LogP contribution in [0.1, 0.15) is 33.1 Å². The standard InChI is InChI=1S/C27H25N5O2.C26H25N5O.C24H25N5O.C24H20N4O/c1-2-4-26-24(3-1)23(9-10-28-26)25-18-30-32-19-21(17-29-27(25)32)20-5-7-22(8-6-20)34-16-13-31-11-14-33-15-12-31;1-30(2)14-5-15-32-21-10-8-19(9-11-21)20-16-28-26-24(17-29-31(26)18-20)22-12-13-27-25-7-4-3-6-23(22)25;1-28-12-2-3-18(15-28)17-30-22-6-4-19(5-7-22)21-13-26-24-23(14-27-29(24)16-21)20-8-10-25-11-9-20;1-16(2)29-19-9-7-17(8-10-19)18-13-26-24-22(14-27-28(24)15-18)20-11-12-25-23-6-4-3-5-21(20)23/h1-10,17-19H,11-16H2;3-4,6-13,16-18H,5,14-15H2,1-2H3;4-11,13-14,16,18H,2-3,12,15,17H2,1H3;3-16H,1-2H3. The summed E-state index contributed by atoms with van der Waals surface area (Å²) in [5.41, 5.74) is 22.8. The van der Waals surface area contributed by atoms with Gasteiger partial charge in [0.25, 0.3) is 0 Å². The second-order valence-electron chi connectivity index (χ2n) is 31.7. The van der Waals surface area contributed by atoms with Crippen LogP contribution in [0.4, 0.5) is 0 Å². The molecule has 21 rings (SSSR count). The van der Waals surface area contributed by atoms with E-state index in [9.17, 15) is 0 Å². The molecule has 12 aromatic heterocycles. The molecular weight excluding hydrogens is 1560 g/mol. The van der Waals surface area contributed by atoms with Gasteiger partial charge in [0.15, 0.2) is 22.6 Å². The third-order valence-corrected chi connectivity index (χ3v) is 22.4. The summed E-state index contributed by atoms with van der Waals surface area (Å²) in [7, 11) is 6.33. The molecule has 2 aliphatic rings. The average Bonchev–Trinajstić information content (AvgIpc) is 1.67. The molecule has 2 fully saturated rings. The molecule has 14 heterocycles. The average molecular weight is 1650 g/mol. The Balaban J connectivity index is 0.000000113. The predicted molar refractivity (Wildman–Crippen MR) is 492 cm³/mol. The molecule has 0 saturated carbocycles. The number of nitrogens with zero attached hydrogens (tertiary/aromatic N) is 19. The molecule has 19 aromatic rings. The SMILES string of the molecule is CC(C)Oc1ccc(-c2cnc3c(-c4ccnc5ccccc45)cnn3c2)cc1.CN(C)CCCOc1ccc(-c2cnc3c(-c4ccnc5ccccc45)cnn3c2)cc1.CN1CCCC(COc2ccc(-c3cnc4c(-c5ccncc5)cnn4c3)cc2)C1.c1ccc2c(-c3cnn4cc(-c5ccc(OCCN6CCOCC6)cc5)cnc34)ccnc2c1. The van der Waals surface area contributed by atoms with Gasteiger partial charge in [0.05, 0.1) is 73.9 Å². The smallest absolute Gasteiger partial charge is 0.162 e. The summed E-state index contributed by atoms with van der Waals surface area (Å²) in [6.45, 7) is 14.0. The molecule has 125 heavy (non-hydrogen) atoms. The van der Waals surface area contributed by atoms with Crippen LogP contribution in [0.25, 0.3) is 144 Å². The third-order valence-electron chi connectivity index (χ3n) is 22.4. The van der Waals surface area contributed by atoms with Crippen LogP contribution in [0.2, 0.25) is 0 Å². The number of aromatic nitrogens is 16. The van der Waals surface area contributed by atoms with E-state index >= 15 is 0 Å². The van der Waals surface area contributed by atoms with E-state index < -0.39 is 0 Å². The van der Waals surface area contributed by atoms with Crippen LogP contribution in [0.5, 0.6) is 23.0 Å². The lowest BCUT2D eigenvalue weighted by atomic mass is 9.99. The highest BCUT2D eigenvalue weighted by molar-refractivity contribution is 6.00. The Morgan fingerprint density at radius 2 is 0.776 bits per heavy atom. The van der Waals surface area contributed by atoms with E-state index in [1.54, 1.807) is 12.4 Å². The number of benzene rings is 7. The maximum Gasteiger partial charge on any atom is 0.162 e. The summed E-state index contributed by atoms with van der Waals surface area (Å²) in [4.78, 5) is 43.3. The van der Waals surface area contributed by atoms with Crippen molar-refractivity contribution >= 4 is 55.3 Å². The highest BCUT2D eigenvalue weighted by atomic mass is 16.5. The summed E-state index contributed by atoms with van der Waals surface area (Å²) in [6, 6.07) is 67.0. The lowest BCUT2D eigenvalue weighted by Gasteiger charge is -2.29. The van der Waals surface area contributed by atoms with Gasteiger partial charge in [0.2, 0.25) is 0 Å². The van der Waals surface area contributed by atoms with Gasteiger partial charge >= 0.3 is 0 Å². The molecule has 24 heteroatoms. The Morgan fingerprint density at radius 1 is 0.384 bits per heavy atom. The van der Waals surface area contributed by atoms with Gasteiger partial charge in [0.1, 0.15) is 29.6 Å². The van der Waals surface area contributed by atoms with Crippen molar-refractivity contribution in [3.63, 3.8) is 0 Å². The number of ether oxygens (including phenoxy) is 5. The van der Waals surface area contributed by atoms with Crippen LogP contribution < -0.4 is 18.9 Å². The molecule has 0 N–H and O–H groups in total. The van der Waals surface area contributed by atoms with Crippen LogP contribution in [0.3, 0.4) is 0 Å². The molecule has 24 nitrogen and oxygen atoms in total. The minimum Gasteiger partial charge on any atom is -0.494 e. The van der Waals surface area contributed by atoms with Crippen molar-refractivity contribution < 1.29 is 23.7 Å². The van der Waals surface area contributed by atoms with E-state index in [0.29, 0.717) is 19.1 Å². The summed E-state index contributed by atoms with van der Waals surface area (Å²) in [5, 5.41) is 21.5. The van der Waals surface area contributed by atoms with Gasteiger partial charge in [-0.2, -0.15) is 20.4 Å². The minimum absolute atomic E-state index is 0.158. The van der Waals surface area contributed by atoms with Crippen molar-refractivity contribution in [1.29, 1.82) is 0 Å². The highest BCUT2D eigenvalue weighted by Gasteiger charge is 2.21. The Bertz CT molecular complexity index is 6840. The molecule has 0 aliphatic carbocycles. The Hall–Kier alpha value is -14.6. The van der Waals surface area contributed by atoms with Gasteiger partial charge in [-0.25, -0.2) is 38.0 Å².